The summed E-state index contributed by atoms with van der Waals surface area (Å²) in [4.78, 5) is 0. The molecule has 5 saturated carbocycles. The molecule has 1 N–H and O–H groups in total. The summed E-state index contributed by atoms with van der Waals surface area (Å²) in [7, 11) is 0. The summed E-state index contributed by atoms with van der Waals surface area (Å²) in [5.74, 6) is 3.02. The van der Waals surface area contributed by atoms with Gasteiger partial charge < -0.3 is 9.94 Å². The lowest BCUT2D eigenvalue weighted by Crippen LogP contribution is -2.67. The minimum absolute atomic E-state index is 0.0117. The zero-order valence-corrected chi connectivity index (χ0v) is 22.5. The minimum atomic E-state index is 0.0117. The molecule has 2 bridgehead atoms. The Morgan fingerprint density at radius 1 is 0.788 bits per heavy atom. The number of ether oxygens (including phenoxy) is 1. The average molecular weight is 456 g/mol. The molecule has 1 saturated heterocycles. The van der Waals surface area contributed by atoms with Crippen LogP contribution < -0.4 is 0 Å². The normalized spacial score (nSPS) is 57.5. The van der Waals surface area contributed by atoms with E-state index >= 15 is 0 Å². The molecule has 186 valence electrons. The predicted octanol–water partition coefficient (Wildman–Crippen LogP) is 7.71. The van der Waals surface area contributed by atoms with E-state index in [-0.39, 0.29) is 5.41 Å². The fraction of sp³-hybridized carbons (Fsp3) is 0.967. The Balaban J connectivity index is 1.39. The van der Waals surface area contributed by atoms with Crippen LogP contribution in [0.2, 0.25) is 0 Å². The fourth-order valence-corrected chi connectivity index (χ4v) is 12.0. The van der Waals surface area contributed by atoms with Gasteiger partial charge in [-0.15, -0.1) is 0 Å². The van der Waals surface area contributed by atoms with Crippen LogP contribution in [0.3, 0.4) is 0 Å². The number of oxime groups is 1. The van der Waals surface area contributed by atoms with Gasteiger partial charge in [-0.05, 0) is 115 Å². The first-order valence-electron chi connectivity index (χ1n) is 14.2. The molecule has 0 aromatic heterocycles. The number of fused-ring (bicyclic) bond motifs is 5. The van der Waals surface area contributed by atoms with E-state index in [0.717, 1.165) is 36.5 Å². The molecule has 0 aromatic rings. The molecule has 1 heterocycles. The summed E-state index contributed by atoms with van der Waals surface area (Å²) in [6.45, 7) is 18.8. The first kappa shape index (κ1) is 22.9. The van der Waals surface area contributed by atoms with Crippen molar-refractivity contribution >= 4 is 5.71 Å². The standard InChI is InChI=1S/C30H49NO2/c1-25(2)14-16-30-17-15-28(6)19(23(30)24(25)33-18-30)8-9-21-27(5)12-11-22(31-32)26(3,4)20(27)10-13-29(21,28)7/h19-21,23-24,32H,8-18H2,1-7H3/b31-22-/t19-,20-,21-,23-,24-,27+,28-,29-,30-/m1/s1. The van der Waals surface area contributed by atoms with E-state index in [1.165, 1.54) is 57.8 Å². The van der Waals surface area contributed by atoms with Crippen molar-refractivity contribution in [2.75, 3.05) is 6.61 Å². The third-order valence-corrected chi connectivity index (χ3v) is 14.0. The molecule has 0 radical (unpaired) electrons. The smallest absolute Gasteiger partial charge is 0.0663 e. The van der Waals surface area contributed by atoms with Crippen molar-refractivity contribution in [3.05, 3.63) is 0 Å². The second-order valence-corrected chi connectivity index (χ2v) is 15.5. The van der Waals surface area contributed by atoms with Crippen LogP contribution in [0, 0.1) is 56.2 Å². The van der Waals surface area contributed by atoms with Gasteiger partial charge in [-0.3, -0.25) is 0 Å². The van der Waals surface area contributed by atoms with Crippen molar-refractivity contribution in [3.63, 3.8) is 0 Å². The lowest BCUT2D eigenvalue weighted by molar-refractivity contribution is -0.235. The zero-order chi connectivity index (χ0) is 23.7. The molecule has 0 spiro atoms. The van der Waals surface area contributed by atoms with Gasteiger partial charge in [-0.2, -0.15) is 0 Å². The van der Waals surface area contributed by atoms with E-state index in [4.69, 9.17) is 4.74 Å². The van der Waals surface area contributed by atoms with Crippen LogP contribution >= 0.6 is 0 Å². The molecule has 0 aromatic carbocycles. The Bertz CT molecular complexity index is 877. The molecule has 5 aliphatic carbocycles. The highest BCUT2D eigenvalue weighted by molar-refractivity contribution is 5.90. The van der Waals surface area contributed by atoms with Crippen molar-refractivity contribution in [1.82, 2.24) is 0 Å². The van der Waals surface area contributed by atoms with Crippen molar-refractivity contribution in [3.8, 4) is 0 Å². The Hall–Kier alpha value is -0.570. The third-order valence-electron chi connectivity index (χ3n) is 14.0. The van der Waals surface area contributed by atoms with Crippen LogP contribution in [-0.2, 0) is 4.74 Å². The van der Waals surface area contributed by atoms with E-state index in [1.807, 2.05) is 0 Å². The van der Waals surface area contributed by atoms with Crippen LogP contribution in [0.25, 0.3) is 0 Å². The Morgan fingerprint density at radius 3 is 2.24 bits per heavy atom. The molecule has 1 aliphatic heterocycles. The molecule has 6 rings (SSSR count). The molecule has 33 heavy (non-hydrogen) atoms. The lowest BCUT2D eigenvalue weighted by Gasteiger charge is -2.73. The molecule has 3 nitrogen and oxygen atoms in total. The second kappa shape index (κ2) is 6.60. The predicted molar refractivity (Wildman–Crippen MR) is 133 cm³/mol. The molecule has 9 atom stereocenters. The van der Waals surface area contributed by atoms with E-state index < -0.39 is 0 Å². The molecular weight excluding hydrogens is 406 g/mol. The van der Waals surface area contributed by atoms with Crippen LogP contribution in [0.5, 0.6) is 0 Å². The number of hydrogen-bond acceptors (Lipinski definition) is 3. The van der Waals surface area contributed by atoms with Gasteiger partial charge in [0.15, 0.2) is 0 Å². The van der Waals surface area contributed by atoms with Gasteiger partial charge >= 0.3 is 0 Å². The summed E-state index contributed by atoms with van der Waals surface area (Å²) in [5, 5.41) is 13.6. The number of nitrogens with zero attached hydrogens (tertiary/aromatic N) is 1. The van der Waals surface area contributed by atoms with Gasteiger partial charge in [0.05, 0.1) is 18.4 Å². The SMILES string of the molecule is CC1(C)CC[C@]23CC[C@]4(C)[C@H](CC[C@@H]5[C@@]6(C)CC/C(=N/O)C(C)(C)[C@H]6CC[C@]54C)[C@@H]2[C@H]1OC3. The van der Waals surface area contributed by atoms with Crippen molar-refractivity contribution in [2.45, 2.75) is 119 Å². The zero-order valence-electron chi connectivity index (χ0n) is 22.5. The summed E-state index contributed by atoms with van der Waals surface area (Å²) in [6.07, 6.45) is 13.6. The van der Waals surface area contributed by atoms with Crippen molar-refractivity contribution in [1.29, 1.82) is 0 Å². The molecule has 6 fully saturated rings. The maximum Gasteiger partial charge on any atom is 0.0663 e. The second-order valence-electron chi connectivity index (χ2n) is 15.5. The van der Waals surface area contributed by atoms with Gasteiger partial charge in [0, 0.05) is 5.41 Å². The largest absolute Gasteiger partial charge is 0.411 e. The maximum absolute atomic E-state index is 9.76. The third kappa shape index (κ3) is 2.54. The number of hydrogen-bond donors (Lipinski definition) is 1. The number of rotatable bonds is 0. The van der Waals surface area contributed by atoms with Gasteiger partial charge in [-0.25, -0.2) is 0 Å². The van der Waals surface area contributed by atoms with E-state index in [2.05, 4.69) is 53.6 Å². The maximum atomic E-state index is 9.76. The van der Waals surface area contributed by atoms with Gasteiger partial charge in [0.25, 0.3) is 0 Å². The van der Waals surface area contributed by atoms with Crippen LogP contribution in [0.1, 0.15) is 113 Å². The Labute approximate surface area is 202 Å². The highest BCUT2D eigenvalue weighted by Crippen LogP contribution is 2.77. The van der Waals surface area contributed by atoms with Gasteiger partial charge in [-0.1, -0.05) is 53.6 Å². The molecule has 0 unspecified atom stereocenters. The summed E-state index contributed by atoms with van der Waals surface area (Å²) >= 11 is 0. The Morgan fingerprint density at radius 2 is 1.52 bits per heavy atom. The topological polar surface area (TPSA) is 41.8 Å². The minimum Gasteiger partial charge on any atom is -0.411 e. The fourth-order valence-electron chi connectivity index (χ4n) is 12.0. The van der Waals surface area contributed by atoms with E-state index in [9.17, 15) is 5.21 Å². The van der Waals surface area contributed by atoms with Crippen LogP contribution in [-0.4, -0.2) is 23.6 Å². The summed E-state index contributed by atoms with van der Waals surface area (Å²) < 4.78 is 6.71. The quantitative estimate of drug-likeness (QED) is 0.300. The monoisotopic (exact) mass is 455 g/mol. The Kier molecular flexibility index (Phi) is 4.57. The van der Waals surface area contributed by atoms with Crippen molar-refractivity contribution in [2.24, 2.45) is 61.3 Å². The van der Waals surface area contributed by atoms with E-state index in [0.29, 0.717) is 39.1 Å². The highest BCUT2D eigenvalue weighted by atomic mass is 16.5. The first-order chi connectivity index (χ1) is 15.4. The van der Waals surface area contributed by atoms with Gasteiger partial charge in [0.1, 0.15) is 0 Å². The van der Waals surface area contributed by atoms with Crippen LogP contribution in [0.15, 0.2) is 5.16 Å². The average Bonchev–Trinajstić information content (AvgIpc) is 3.07. The lowest BCUT2D eigenvalue weighted by atomic mass is 9.31. The molecule has 3 heteroatoms. The van der Waals surface area contributed by atoms with Crippen LogP contribution in [0.4, 0.5) is 0 Å². The molecule has 0 amide bonds. The van der Waals surface area contributed by atoms with Crippen molar-refractivity contribution < 1.29 is 9.94 Å². The summed E-state index contributed by atoms with van der Waals surface area (Å²) in [5.41, 5.74) is 3.06. The summed E-state index contributed by atoms with van der Waals surface area (Å²) in [6, 6.07) is 0. The van der Waals surface area contributed by atoms with E-state index in [1.54, 1.807) is 0 Å². The first-order valence-corrected chi connectivity index (χ1v) is 14.2. The molecular formula is C30H49NO2. The van der Waals surface area contributed by atoms with Gasteiger partial charge in [0.2, 0.25) is 0 Å². The molecule has 6 aliphatic rings. The highest BCUT2D eigenvalue weighted by Gasteiger charge is 2.72.